The minimum absolute atomic E-state index is 0.0347. The van der Waals surface area contributed by atoms with Crippen LogP contribution in [0.1, 0.15) is 15.9 Å². The number of amides is 1. The highest BCUT2D eigenvalue weighted by Gasteiger charge is 2.17. The van der Waals surface area contributed by atoms with E-state index in [1.807, 2.05) is 0 Å². The van der Waals surface area contributed by atoms with Crippen LogP contribution in [0.3, 0.4) is 0 Å². The number of rotatable bonds is 6. The molecule has 0 heterocycles. The second-order valence-electron chi connectivity index (χ2n) is 4.90. The van der Waals surface area contributed by atoms with Gasteiger partial charge in [-0.3, -0.25) is 14.9 Å². The Kier molecular flexibility index (Phi) is 6.22. The first kappa shape index (κ1) is 19.0. The smallest absolute Gasteiger partial charge is 0.270 e. The number of methoxy groups -OCH3 is 2. The molecule has 0 aliphatic carbocycles. The number of nitrogens with one attached hydrogen (secondary N) is 1. The number of benzene rings is 2. The average molecular weight is 430 g/mol. The number of nitro benzene ring substituents is 1. The van der Waals surface area contributed by atoms with E-state index in [2.05, 4.69) is 21.2 Å². The zero-order valence-electron chi connectivity index (χ0n) is 13.3. The summed E-state index contributed by atoms with van der Waals surface area (Å²) in [5, 5.41) is 13.7. The monoisotopic (exact) mass is 428 g/mol. The lowest BCUT2D eigenvalue weighted by molar-refractivity contribution is -0.384. The fraction of sp³-hybridized carbons (Fsp3) is 0.188. The normalized spacial score (nSPS) is 10.2. The van der Waals surface area contributed by atoms with Crippen molar-refractivity contribution in [2.45, 2.75) is 6.54 Å². The van der Waals surface area contributed by atoms with Crippen molar-refractivity contribution in [3.63, 3.8) is 0 Å². The van der Waals surface area contributed by atoms with Crippen molar-refractivity contribution in [3.8, 4) is 11.5 Å². The Balaban J connectivity index is 2.20. The molecule has 0 unspecified atom stereocenters. The molecule has 9 heteroatoms. The Morgan fingerprint density at radius 3 is 2.48 bits per heavy atom. The number of ether oxygens (including phenoxy) is 2. The average Bonchev–Trinajstić information content (AvgIpc) is 2.60. The van der Waals surface area contributed by atoms with Crippen LogP contribution in [0.15, 0.2) is 34.8 Å². The SMILES string of the molecule is COc1cc(Br)c(CNC(=O)c2cc([N+](=O)[O-])ccc2Cl)cc1OC. The van der Waals surface area contributed by atoms with Gasteiger partial charge < -0.3 is 14.8 Å². The molecule has 1 N–H and O–H groups in total. The highest BCUT2D eigenvalue weighted by molar-refractivity contribution is 9.10. The molecule has 0 bridgehead atoms. The highest BCUT2D eigenvalue weighted by Crippen LogP contribution is 2.33. The van der Waals surface area contributed by atoms with E-state index in [1.165, 1.54) is 26.4 Å². The van der Waals surface area contributed by atoms with E-state index in [-0.39, 0.29) is 22.8 Å². The molecule has 0 saturated carbocycles. The largest absolute Gasteiger partial charge is 0.493 e. The van der Waals surface area contributed by atoms with Crippen LogP contribution < -0.4 is 14.8 Å². The van der Waals surface area contributed by atoms with Crippen LogP contribution in [-0.4, -0.2) is 25.1 Å². The van der Waals surface area contributed by atoms with E-state index in [1.54, 1.807) is 12.1 Å². The number of hydrogen-bond donors (Lipinski definition) is 1. The van der Waals surface area contributed by atoms with Gasteiger partial charge in [0.15, 0.2) is 11.5 Å². The third-order valence-corrected chi connectivity index (χ3v) is 4.47. The second kappa shape index (κ2) is 8.17. The van der Waals surface area contributed by atoms with Crippen molar-refractivity contribution in [1.29, 1.82) is 0 Å². The van der Waals surface area contributed by atoms with Crippen LogP contribution in [0.2, 0.25) is 5.02 Å². The zero-order chi connectivity index (χ0) is 18.6. The van der Waals surface area contributed by atoms with Crippen LogP contribution in [0.5, 0.6) is 11.5 Å². The molecule has 0 aliphatic rings. The van der Waals surface area contributed by atoms with Gasteiger partial charge in [-0.15, -0.1) is 0 Å². The molecule has 0 aliphatic heterocycles. The summed E-state index contributed by atoms with van der Waals surface area (Å²) in [6.45, 7) is 0.165. The molecule has 2 aromatic rings. The van der Waals surface area contributed by atoms with Gasteiger partial charge in [-0.1, -0.05) is 27.5 Å². The second-order valence-corrected chi connectivity index (χ2v) is 6.16. The number of nitrogens with zero attached hydrogens (tertiary/aromatic N) is 1. The van der Waals surface area contributed by atoms with E-state index in [9.17, 15) is 14.9 Å². The van der Waals surface area contributed by atoms with Gasteiger partial charge in [-0.25, -0.2) is 0 Å². The van der Waals surface area contributed by atoms with Crippen molar-refractivity contribution in [2.75, 3.05) is 14.2 Å². The molecular formula is C16H14BrClN2O5. The van der Waals surface area contributed by atoms with Gasteiger partial charge in [0.2, 0.25) is 0 Å². The molecule has 0 saturated heterocycles. The van der Waals surface area contributed by atoms with Crippen molar-refractivity contribution in [1.82, 2.24) is 5.32 Å². The Morgan fingerprint density at radius 1 is 1.24 bits per heavy atom. The van der Waals surface area contributed by atoms with Gasteiger partial charge in [0.05, 0.1) is 29.7 Å². The number of carbonyl (C=O) groups is 1. The van der Waals surface area contributed by atoms with Crippen molar-refractivity contribution < 1.29 is 19.2 Å². The number of hydrogen-bond acceptors (Lipinski definition) is 5. The molecule has 2 aromatic carbocycles. The summed E-state index contributed by atoms with van der Waals surface area (Å²) < 4.78 is 11.1. The standard InChI is InChI=1S/C16H14BrClN2O5/c1-24-14-5-9(12(17)7-15(14)25-2)8-19-16(21)11-6-10(20(22)23)3-4-13(11)18/h3-7H,8H2,1-2H3,(H,19,21). The summed E-state index contributed by atoms with van der Waals surface area (Å²) in [6.07, 6.45) is 0. The Bertz CT molecular complexity index is 828. The van der Waals surface area contributed by atoms with E-state index in [0.717, 1.165) is 16.1 Å². The minimum Gasteiger partial charge on any atom is -0.493 e. The van der Waals surface area contributed by atoms with Crippen molar-refractivity contribution in [3.05, 3.63) is 61.1 Å². The van der Waals surface area contributed by atoms with Crippen LogP contribution in [0.4, 0.5) is 5.69 Å². The van der Waals surface area contributed by atoms with E-state index in [0.29, 0.717) is 11.5 Å². The molecule has 0 spiro atoms. The van der Waals surface area contributed by atoms with Gasteiger partial charge in [0, 0.05) is 23.2 Å². The summed E-state index contributed by atoms with van der Waals surface area (Å²) >= 11 is 9.37. The molecule has 7 nitrogen and oxygen atoms in total. The van der Waals surface area contributed by atoms with Crippen LogP contribution >= 0.6 is 27.5 Å². The van der Waals surface area contributed by atoms with E-state index >= 15 is 0 Å². The maximum Gasteiger partial charge on any atom is 0.270 e. The van der Waals surface area contributed by atoms with Gasteiger partial charge >= 0.3 is 0 Å². The third kappa shape index (κ3) is 4.40. The molecule has 132 valence electrons. The van der Waals surface area contributed by atoms with Crippen molar-refractivity contribution >= 4 is 39.1 Å². The van der Waals surface area contributed by atoms with Gasteiger partial charge in [0.25, 0.3) is 11.6 Å². The summed E-state index contributed by atoms with van der Waals surface area (Å²) in [5.41, 5.74) is 0.571. The van der Waals surface area contributed by atoms with E-state index < -0.39 is 10.8 Å². The van der Waals surface area contributed by atoms with Crippen LogP contribution in [0, 0.1) is 10.1 Å². The fourth-order valence-corrected chi connectivity index (χ4v) is 2.77. The Morgan fingerprint density at radius 2 is 1.88 bits per heavy atom. The molecule has 0 atom stereocenters. The predicted octanol–water partition coefficient (Wildman–Crippen LogP) is 3.96. The number of halogens is 2. The third-order valence-electron chi connectivity index (χ3n) is 3.40. The number of nitro groups is 1. The van der Waals surface area contributed by atoms with Gasteiger partial charge in [-0.2, -0.15) is 0 Å². The highest BCUT2D eigenvalue weighted by atomic mass is 79.9. The Hall–Kier alpha value is -2.32. The maximum absolute atomic E-state index is 12.3. The topological polar surface area (TPSA) is 90.7 Å². The zero-order valence-corrected chi connectivity index (χ0v) is 15.7. The molecule has 25 heavy (non-hydrogen) atoms. The Labute approximate surface area is 157 Å². The number of carbonyl (C=O) groups excluding carboxylic acids is 1. The molecule has 0 fully saturated rings. The molecule has 1 amide bonds. The summed E-state index contributed by atoms with van der Waals surface area (Å²) in [7, 11) is 3.03. The summed E-state index contributed by atoms with van der Waals surface area (Å²) in [4.78, 5) is 22.6. The lowest BCUT2D eigenvalue weighted by atomic mass is 10.1. The fourth-order valence-electron chi connectivity index (χ4n) is 2.10. The minimum atomic E-state index is -0.585. The van der Waals surface area contributed by atoms with Gasteiger partial charge in [0.1, 0.15) is 0 Å². The van der Waals surface area contributed by atoms with E-state index in [4.69, 9.17) is 21.1 Å². The van der Waals surface area contributed by atoms with Crippen molar-refractivity contribution in [2.24, 2.45) is 0 Å². The maximum atomic E-state index is 12.3. The van der Waals surface area contributed by atoms with Gasteiger partial charge in [-0.05, 0) is 23.8 Å². The summed E-state index contributed by atoms with van der Waals surface area (Å²) in [5.74, 6) is 0.546. The van der Waals surface area contributed by atoms with Crippen LogP contribution in [0.25, 0.3) is 0 Å². The lowest BCUT2D eigenvalue weighted by Crippen LogP contribution is -2.23. The lowest BCUT2D eigenvalue weighted by Gasteiger charge is -2.13. The number of non-ortho nitro benzene ring substituents is 1. The quantitative estimate of drug-likeness (QED) is 0.554. The molecule has 0 aromatic heterocycles. The first-order valence-corrected chi connectivity index (χ1v) is 8.17. The molecule has 2 rings (SSSR count). The first-order valence-electron chi connectivity index (χ1n) is 7.00. The van der Waals surface area contributed by atoms with Crippen LogP contribution in [-0.2, 0) is 6.54 Å². The summed E-state index contributed by atoms with van der Waals surface area (Å²) in [6, 6.07) is 7.14. The predicted molar refractivity (Wildman–Crippen MR) is 96.5 cm³/mol. The first-order chi connectivity index (χ1) is 11.9. The molecule has 0 radical (unpaired) electrons. The molecular weight excluding hydrogens is 416 g/mol.